The molecule has 0 aliphatic heterocycles. The van der Waals surface area contributed by atoms with Gasteiger partial charge in [-0.05, 0) is 18.1 Å². The molecule has 1 aliphatic rings. The summed E-state index contributed by atoms with van der Waals surface area (Å²) in [6.07, 6.45) is 0.990. The largest absolute Gasteiger partial charge is 0.371 e. The van der Waals surface area contributed by atoms with E-state index >= 15 is 0 Å². The monoisotopic (exact) mass is 199 g/mol. The second-order valence-corrected chi connectivity index (χ2v) is 3.95. The summed E-state index contributed by atoms with van der Waals surface area (Å²) in [4.78, 5) is 0. The third kappa shape index (κ3) is 1.03. The number of anilines is 1. The first-order valence-corrected chi connectivity index (χ1v) is 5.15. The molecule has 0 bridgehead atoms. The molecule has 0 unspecified atom stereocenters. The van der Waals surface area contributed by atoms with Gasteiger partial charge in [-0.15, -0.1) is 0 Å². The summed E-state index contributed by atoms with van der Waals surface area (Å²) >= 11 is 0. The van der Waals surface area contributed by atoms with Crippen LogP contribution in [0, 0.1) is 6.92 Å². The zero-order chi connectivity index (χ0) is 10.4. The molecule has 0 fully saturated rings. The highest BCUT2D eigenvalue weighted by Gasteiger charge is 2.24. The molecule has 0 saturated heterocycles. The summed E-state index contributed by atoms with van der Waals surface area (Å²) in [5.74, 6) is 0.973. The van der Waals surface area contributed by atoms with Gasteiger partial charge in [-0.3, -0.25) is 5.10 Å². The first-order valence-electron chi connectivity index (χ1n) is 5.15. The van der Waals surface area contributed by atoms with E-state index in [0.29, 0.717) is 0 Å². The number of hydrogen-bond donors (Lipinski definition) is 2. The maximum absolute atomic E-state index is 4.25. The predicted octanol–water partition coefficient (Wildman–Crippen LogP) is 2.33. The minimum absolute atomic E-state index is 0.973. The van der Waals surface area contributed by atoms with Crippen LogP contribution in [-0.4, -0.2) is 17.2 Å². The molecule has 2 N–H and O–H groups in total. The second kappa shape index (κ2) is 2.86. The quantitative estimate of drug-likeness (QED) is 0.631. The fourth-order valence-corrected chi connectivity index (χ4v) is 2.31. The van der Waals surface area contributed by atoms with E-state index in [0.717, 1.165) is 12.2 Å². The number of benzene rings is 1. The summed E-state index contributed by atoms with van der Waals surface area (Å²) < 4.78 is 0. The lowest BCUT2D eigenvalue weighted by molar-refractivity contribution is 1.08. The highest BCUT2D eigenvalue weighted by Crippen LogP contribution is 2.39. The van der Waals surface area contributed by atoms with Gasteiger partial charge in [-0.2, -0.15) is 5.10 Å². The molecule has 0 radical (unpaired) electrons. The van der Waals surface area contributed by atoms with Crippen LogP contribution in [0.2, 0.25) is 0 Å². The van der Waals surface area contributed by atoms with Gasteiger partial charge >= 0.3 is 0 Å². The Bertz CT molecular complexity index is 526. The van der Waals surface area contributed by atoms with Crippen molar-refractivity contribution in [3.05, 3.63) is 34.9 Å². The van der Waals surface area contributed by atoms with Crippen molar-refractivity contribution in [1.29, 1.82) is 0 Å². The maximum Gasteiger partial charge on any atom is 0.151 e. The van der Waals surface area contributed by atoms with E-state index in [9.17, 15) is 0 Å². The molecule has 76 valence electrons. The van der Waals surface area contributed by atoms with Gasteiger partial charge in [0.05, 0.1) is 5.69 Å². The normalized spacial score (nSPS) is 12.4. The number of hydrogen-bond acceptors (Lipinski definition) is 2. The van der Waals surface area contributed by atoms with Gasteiger partial charge in [-0.25, -0.2) is 0 Å². The van der Waals surface area contributed by atoms with Crippen LogP contribution in [-0.2, 0) is 6.42 Å². The molecule has 3 rings (SSSR count). The Balaban J connectivity index is 2.24. The van der Waals surface area contributed by atoms with Gasteiger partial charge in [0.15, 0.2) is 5.82 Å². The molecule has 3 nitrogen and oxygen atoms in total. The SMILES string of the molecule is CNc1n[nH]c2c1Cc1c(C)cccc1-2. The van der Waals surface area contributed by atoms with Crippen LogP contribution in [0.3, 0.4) is 0 Å². The van der Waals surface area contributed by atoms with E-state index in [1.54, 1.807) is 0 Å². The molecule has 1 aromatic heterocycles. The molecular formula is C12H13N3. The summed E-state index contributed by atoms with van der Waals surface area (Å²) in [5, 5.41) is 10.5. The number of nitrogens with zero attached hydrogens (tertiary/aromatic N) is 1. The molecule has 2 aromatic rings. The summed E-state index contributed by atoms with van der Waals surface area (Å²) in [5.41, 5.74) is 6.57. The van der Waals surface area contributed by atoms with Gasteiger partial charge in [0.1, 0.15) is 0 Å². The Hall–Kier alpha value is -1.77. The Morgan fingerprint density at radius 1 is 1.33 bits per heavy atom. The Labute approximate surface area is 88.5 Å². The number of fused-ring (bicyclic) bond motifs is 3. The maximum atomic E-state index is 4.25. The molecule has 15 heavy (non-hydrogen) atoms. The number of aromatic nitrogens is 2. The number of H-pyrrole nitrogens is 1. The van der Waals surface area contributed by atoms with Crippen LogP contribution >= 0.6 is 0 Å². The molecule has 0 atom stereocenters. The van der Waals surface area contributed by atoms with Crippen LogP contribution in [0.15, 0.2) is 18.2 Å². The third-order valence-electron chi connectivity index (χ3n) is 3.14. The molecule has 3 heteroatoms. The Morgan fingerprint density at radius 3 is 3.00 bits per heavy atom. The number of rotatable bonds is 1. The highest BCUT2D eigenvalue weighted by atomic mass is 15.2. The Kier molecular flexibility index (Phi) is 1.63. The zero-order valence-corrected chi connectivity index (χ0v) is 8.89. The highest BCUT2D eigenvalue weighted by molar-refractivity contribution is 5.79. The van der Waals surface area contributed by atoms with Crippen LogP contribution in [0.1, 0.15) is 16.7 Å². The fourth-order valence-electron chi connectivity index (χ4n) is 2.31. The summed E-state index contributed by atoms with van der Waals surface area (Å²) in [7, 11) is 1.91. The predicted molar refractivity (Wildman–Crippen MR) is 61.1 cm³/mol. The van der Waals surface area contributed by atoms with Crippen molar-refractivity contribution in [3.63, 3.8) is 0 Å². The minimum atomic E-state index is 0.973. The van der Waals surface area contributed by atoms with Crippen LogP contribution in [0.4, 0.5) is 5.82 Å². The molecule has 1 aromatic carbocycles. The van der Waals surface area contributed by atoms with Gasteiger partial charge in [0, 0.05) is 24.6 Å². The van der Waals surface area contributed by atoms with E-state index in [2.05, 4.69) is 40.6 Å². The second-order valence-electron chi connectivity index (χ2n) is 3.95. The number of aromatic amines is 1. The summed E-state index contributed by atoms with van der Waals surface area (Å²) in [6.45, 7) is 2.16. The van der Waals surface area contributed by atoms with Crippen molar-refractivity contribution >= 4 is 5.82 Å². The molecule has 1 heterocycles. The molecule has 0 saturated carbocycles. The van der Waals surface area contributed by atoms with Crippen molar-refractivity contribution in [2.45, 2.75) is 13.3 Å². The van der Waals surface area contributed by atoms with E-state index in [1.165, 1.54) is 27.9 Å². The van der Waals surface area contributed by atoms with E-state index in [-0.39, 0.29) is 0 Å². The van der Waals surface area contributed by atoms with Gasteiger partial charge in [0.2, 0.25) is 0 Å². The fraction of sp³-hybridized carbons (Fsp3) is 0.250. The van der Waals surface area contributed by atoms with Gasteiger partial charge in [0.25, 0.3) is 0 Å². The average Bonchev–Trinajstić information content (AvgIpc) is 2.77. The number of aryl methyl sites for hydroxylation is 1. The van der Waals surface area contributed by atoms with Crippen LogP contribution < -0.4 is 5.32 Å². The van der Waals surface area contributed by atoms with Crippen LogP contribution in [0.25, 0.3) is 11.3 Å². The first kappa shape index (κ1) is 8.53. The molecular weight excluding hydrogens is 186 g/mol. The van der Waals surface area contributed by atoms with E-state index in [4.69, 9.17) is 0 Å². The van der Waals surface area contributed by atoms with E-state index in [1.807, 2.05) is 7.05 Å². The first-order chi connectivity index (χ1) is 7.31. The topological polar surface area (TPSA) is 40.7 Å². The van der Waals surface area contributed by atoms with Crippen molar-refractivity contribution in [2.75, 3.05) is 12.4 Å². The van der Waals surface area contributed by atoms with Crippen molar-refractivity contribution in [2.24, 2.45) is 0 Å². The Morgan fingerprint density at radius 2 is 2.20 bits per heavy atom. The van der Waals surface area contributed by atoms with Crippen LogP contribution in [0.5, 0.6) is 0 Å². The standard InChI is InChI=1S/C12H13N3/c1-7-4-3-5-8-9(7)6-10-11(8)14-15-12(10)13-2/h3-5H,6H2,1-2H3,(H2,13,14,15). The van der Waals surface area contributed by atoms with E-state index < -0.39 is 0 Å². The lowest BCUT2D eigenvalue weighted by atomic mass is 10.0. The van der Waals surface area contributed by atoms with Crippen molar-refractivity contribution < 1.29 is 0 Å². The van der Waals surface area contributed by atoms with Gasteiger partial charge < -0.3 is 5.32 Å². The van der Waals surface area contributed by atoms with Crippen molar-refractivity contribution in [3.8, 4) is 11.3 Å². The molecule has 0 amide bonds. The molecule has 0 spiro atoms. The van der Waals surface area contributed by atoms with Gasteiger partial charge in [-0.1, -0.05) is 18.2 Å². The number of nitrogens with one attached hydrogen (secondary N) is 2. The average molecular weight is 199 g/mol. The lowest BCUT2D eigenvalue weighted by Gasteiger charge is -2.02. The third-order valence-corrected chi connectivity index (χ3v) is 3.14. The summed E-state index contributed by atoms with van der Waals surface area (Å²) in [6, 6.07) is 6.42. The molecule has 1 aliphatic carbocycles. The lowest BCUT2D eigenvalue weighted by Crippen LogP contribution is -1.93. The zero-order valence-electron chi connectivity index (χ0n) is 8.89. The minimum Gasteiger partial charge on any atom is -0.371 e. The smallest absolute Gasteiger partial charge is 0.151 e. The van der Waals surface area contributed by atoms with Crippen molar-refractivity contribution in [1.82, 2.24) is 10.2 Å².